The highest BCUT2D eigenvalue weighted by atomic mass is 15.3. The highest BCUT2D eigenvalue weighted by Gasteiger charge is 2.07. The van der Waals surface area contributed by atoms with Gasteiger partial charge in [0.25, 0.3) is 0 Å². The molecule has 0 saturated carbocycles. The van der Waals surface area contributed by atoms with Crippen LogP contribution in [0.5, 0.6) is 0 Å². The molecule has 0 aromatic carbocycles. The lowest BCUT2D eigenvalue weighted by Gasteiger charge is -2.03. The molecule has 0 saturated heterocycles. The number of hydrogen-bond acceptors (Lipinski definition) is 4. The summed E-state index contributed by atoms with van der Waals surface area (Å²) >= 11 is 0. The molecule has 2 N–H and O–H groups in total. The van der Waals surface area contributed by atoms with Gasteiger partial charge < -0.3 is 5.73 Å². The lowest BCUT2D eigenvalue weighted by atomic mass is 10.2. The largest absolute Gasteiger partial charge is 0.396 e. The molecule has 2 rings (SSSR count). The van der Waals surface area contributed by atoms with E-state index in [4.69, 9.17) is 11.0 Å². The van der Waals surface area contributed by atoms with E-state index in [0.717, 1.165) is 5.69 Å². The summed E-state index contributed by atoms with van der Waals surface area (Å²) in [6.07, 6.45) is 3.15. The average molecular weight is 199 g/mol. The summed E-state index contributed by atoms with van der Waals surface area (Å²) in [7, 11) is 0. The van der Waals surface area contributed by atoms with Crippen molar-refractivity contribution in [3.8, 4) is 11.9 Å². The summed E-state index contributed by atoms with van der Waals surface area (Å²) in [5.74, 6) is 0.509. The van der Waals surface area contributed by atoms with Gasteiger partial charge in [0.2, 0.25) is 0 Å². The molecule has 2 heterocycles. The summed E-state index contributed by atoms with van der Waals surface area (Å²) in [6, 6.07) is 5.57. The fourth-order valence-corrected chi connectivity index (χ4v) is 1.26. The molecule has 0 aliphatic heterocycles. The predicted molar refractivity (Wildman–Crippen MR) is 55.2 cm³/mol. The van der Waals surface area contributed by atoms with Crippen LogP contribution in [0.2, 0.25) is 0 Å². The van der Waals surface area contributed by atoms with Crippen molar-refractivity contribution in [2.45, 2.75) is 6.92 Å². The van der Waals surface area contributed by atoms with Crippen molar-refractivity contribution in [1.29, 1.82) is 5.26 Å². The Morgan fingerprint density at radius 2 is 2.27 bits per heavy atom. The van der Waals surface area contributed by atoms with Gasteiger partial charge in [-0.05, 0) is 19.1 Å². The summed E-state index contributed by atoms with van der Waals surface area (Å²) in [4.78, 5) is 4.25. The number of nitrogens with two attached hydrogens (primary N) is 1. The molecule has 0 radical (unpaired) electrons. The van der Waals surface area contributed by atoms with Gasteiger partial charge in [-0.15, -0.1) is 0 Å². The molecule has 0 atom stereocenters. The lowest BCUT2D eigenvalue weighted by Crippen LogP contribution is -2.02. The van der Waals surface area contributed by atoms with Crippen molar-refractivity contribution in [2.24, 2.45) is 0 Å². The SMILES string of the molecule is Cc1ccc(C#N)c(-n2cc(N)cn2)n1. The maximum absolute atomic E-state index is 8.92. The van der Waals surface area contributed by atoms with E-state index in [0.29, 0.717) is 17.1 Å². The van der Waals surface area contributed by atoms with E-state index in [1.54, 1.807) is 18.3 Å². The van der Waals surface area contributed by atoms with Gasteiger partial charge in [0.15, 0.2) is 5.82 Å². The third kappa shape index (κ3) is 1.65. The number of aryl methyl sites for hydroxylation is 1. The monoisotopic (exact) mass is 199 g/mol. The van der Waals surface area contributed by atoms with Gasteiger partial charge in [-0.25, -0.2) is 9.67 Å². The van der Waals surface area contributed by atoms with E-state index in [2.05, 4.69) is 16.2 Å². The fourth-order valence-electron chi connectivity index (χ4n) is 1.26. The van der Waals surface area contributed by atoms with E-state index in [9.17, 15) is 0 Å². The van der Waals surface area contributed by atoms with Crippen molar-refractivity contribution < 1.29 is 0 Å². The van der Waals surface area contributed by atoms with Crippen molar-refractivity contribution in [3.05, 3.63) is 35.8 Å². The number of nitrogens with zero attached hydrogens (tertiary/aromatic N) is 4. The molecule has 0 bridgehead atoms. The number of nitrogen functional groups attached to an aromatic ring is 1. The van der Waals surface area contributed by atoms with E-state index < -0.39 is 0 Å². The smallest absolute Gasteiger partial charge is 0.171 e. The first kappa shape index (κ1) is 9.21. The van der Waals surface area contributed by atoms with Crippen LogP contribution in [0, 0.1) is 18.3 Å². The van der Waals surface area contributed by atoms with E-state index >= 15 is 0 Å². The first-order valence-corrected chi connectivity index (χ1v) is 4.39. The van der Waals surface area contributed by atoms with Gasteiger partial charge in [-0.1, -0.05) is 0 Å². The Kier molecular flexibility index (Phi) is 2.10. The Morgan fingerprint density at radius 1 is 1.47 bits per heavy atom. The maximum Gasteiger partial charge on any atom is 0.171 e. The second-order valence-electron chi connectivity index (χ2n) is 3.15. The Balaban J connectivity index is 2.61. The van der Waals surface area contributed by atoms with Gasteiger partial charge in [0.05, 0.1) is 23.6 Å². The standard InChI is InChI=1S/C10H9N5/c1-7-2-3-8(4-11)10(14-7)15-6-9(12)5-13-15/h2-3,5-6H,12H2,1H3. The molecular formula is C10H9N5. The topological polar surface area (TPSA) is 80.5 Å². The van der Waals surface area contributed by atoms with E-state index in [-0.39, 0.29) is 0 Å². The normalized spacial score (nSPS) is 9.87. The summed E-state index contributed by atoms with van der Waals surface area (Å²) in [5.41, 5.74) is 7.40. The second-order valence-corrected chi connectivity index (χ2v) is 3.15. The highest BCUT2D eigenvalue weighted by Crippen LogP contribution is 2.12. The van der Waals surface area contributed by atoms with Crippen molar-refractivity contribution in [1.82, 2.24) is 14.8 Å². The Labute approximate surface area is 86.8 Å². The minimum Gasteiger partial charge on any atom is -0.396 e. The number of aromatic nitrogens is 3. The predicted octanol–water partition coefficient (Wildman–Crippen LogP) is 1.03. The van der Waals surface area contributed by atoms with E-state index in [1.165, 1.54) is 10.9 Å². The molecule has 2 aromatic rings. The van der Waals surface area contributed by atoms with Gasteiger partial charge in [-0.2, -0.15) is 10.4 Å². The molecule has 5 nitrogen and oxygen atoms in total. The Hall–Kier alpha value is -2.35. The van der Waals surface area contributed by atoms with Crippen LogP contribution in [0.25, 0.3) is 5.82 Å². The first-order valence-electron chi connectivity index (χ1n) is 4.39. The molecule has 15 heavy (non-hydrogen) atoms. The molecular weight excluding hydrogens is 190 g/mol. The van der Waals surface area contributed by atoms with Crippen LogP contribution in [0.1, 0.15) is 11.3 Å². The van der Waals surface area contributed by atoms with Crippen LogP contribution in [0.3, 0.4) is 0 Å². The number of pyridine rings is 1. The number of nitriles is 1. The number of hydrogen-bond donors (Lipinski definition) is 1. The van der Waals surface area contributed by atoms with Crippen LogP contribution in [0.4, 0.5) is 5.69 Å². The van der Waals surface area contributed by atoms with Crippen LogP contribution in [-0.2, 0) is 0 Å². The second kappa shape index (κ2) is 3.42. The molecule has 2 aromatic heterocycles. The van der Waals surface area contributed by atoms with Gasteiger partial charge in [0.1, 0.15) is 6.07 Å². The number of anilines is 1. The van der Waals surface area contributed by atoms with Crippen molar-refractivity contribution >= 4 is 5.69 Å². The molecule has 0 aliphatic rings. The lowest BCUT2D eigenvalue weighted by molar-refractivity contribution is 0.837. The first-order chi connectivity index (χ1) is 7.20. The number of rotatable bonds is 1. The zero-order chi connectivity index (χ0) is 10.8. The fraction of sp³-hybridized carbons (Fsp3) is 0.100. The van der Waals surface area contributed by atoms with Gasteiger partial charge in [0, 0.05) is 5.69 Å². The van der Waals surface area contributed by atoms with E-state index in [1.807, 2.05) is 6.92 Å². The van der Waals surface area contributed by atoms with Crippen LogP contribution in [0.15, 0.2) is 24.5 Å². The Morgan fingerprint density at radius 3 is 2.87 bits per heavy atom. The summed E-state index contributed by atoms with van der Waals surface area (Å²) in [5, 5.41) is 12.9. The summed E-state index contributed by atoms with van der Waals surface area (Å²) < 4.78 is 1.50. The molecule has 0 aliphatic carbocycles. The maximum atomic E-state index is 8.92. The summed E-state index contributed by atoms with van der Waals surface area (Å²) in [6.45, 7) is 1.86. The quantitative estimate of drug-likeness (QED) is 0.743. The molecule has 0 spiro atoms. The minimum absolute atomic E-state index is 0.476. The van der Waals surface area contributed by atoms with Crippen LogP contribution >= 0.6 is 0 Å². The van der Waals surface area contributed by atoms with Gasteiger partial charge >= 0.3 is 0 Å². The molecule has 0 fully saturated rings. The molecule has 5 heteroatoms. The zero-order valence-electron chi connectivity index (χ0n) is 8.18. The highest BCUT2D eigenvalue weighted by molar-refractivity contribution is 5.45. The molecule has 0 unspecified atom stereocenters. The Bertz CT molecular complexity index is 535. The zero-order valence-corrected chi connectivity index (χ0v) is 8.18. The third-order valence-electron chi connectivity index (χ3n) is 1.95. The van der Waals surface area contributed by atoms with Crippen LogP contribution < -0.4 is 5.73 Å². The third-order valence-corrected chi connectivity index (χ3v) is 1.95. The van der Waals surface area contributed by atoms with Gasteiger partial charge in [-0.3, -0.25) is 0 Å². The van der Waals surface area contributed by atoms with Crippen LogP contribution in [-0.4, -0.2) is 14.8 Å². The average Bonchev–Trinajstić information content (AvgIpc) is 2.65. The van der Waals surface area contributed by atoms with Crippen molar-refractivity contribution in [2.75, 3.05) is 5.73 Å². The minimum atomic E-state index is 0.476. The molecule has 74 valence electrons. The molecule has 0 amide bonds. The van der Waals surface area contributed by atoms with Crippen molar-refractivity contribution in [3.63, 3.8) is 0 Å².